The van der Waals surface area contributed by atoms with Gasteiger partial charge in [0.1, 0.15) is 5.75 Å². The van der Waals surface area contributed by atoms with Gasteiger partial charge in [-0.25, -0.2) is 0 Å². The second-order valence-corrected chi connectivity index (χ2v) is 3.15. The Bertz CT molecular complexity index is 357. The average molecular weight is 237 g/mol. The highest BCUT2D eigenvalue weighted by molar-refractivity contribution is 5.72. The maximum Gasteiger partial charge on any atom is 0.308 e. The minimum Gasteiger partial charge on any atom is -0.427 e. The molecule has 1 amide bonds. The quantitative estimate of drug-likeness (QED) is 0.648. The van der Waals surface area contributed by atoms with E-state index in [-0.39, 0.29) is 11.9 Å². The van der Waals surface area contributed by atoms with Crippen LogP contribution in [-0.4, -0.2) is 11.9 Å². The molecule has 4 heteroatoms. The molecule has 17 heavy (non-hydrogen) atoms. The summed E-state index contributed by atoms with van der Waals surface area (Å²) in [6, 6.07) is 6.99. The number of rotatable bonds is 3. The van der Waals surface area contributed by atoms with Crippen LogP contribution in [0.3, 0.4) is 0 Å². The fourth-order valence-electron chi connectivity index (χ4n) is 1.07. The molecule has 1 aromatic carbocycles. The molecule has 1 N–H and O–H groups in total. The minimum atomic E-state index is -0.343. The van der Waals surface area contributed by atoms with Gasteiger partial charge in [-0.3, -0.25) is 9.59 Å². The van der Waals surface area contributed by atoms with Gasteiger partial charge in [0.15, 0.2) is 0 Å². The van der Waals surface area contributed by atoms with Crippen LogP contribution in [0.15, 0.2) is 24.3 Å². The van der Waals surface area contributed by atoms with Gasteiger partial charge in [0.05, 0.1) is 0 Å². The lowest BCUT2D eigenvalue weighted by Crippen LogP contribution is -2.18. The van der Waals surface area contributed by atoms with Crippen molar-refractivity contribution in [1.29, 1.82) is 0 Å². The summed E-state index contributed by atoms with van der Waals surface area (Å²) < 4.78 is 4.87. The highest BCUT2D eigenvalue weighted by atomic mass is 16.5. The molecular weight excluding hydrogens is 218 g/mol. The van der Waals surface area contributed by atoms with Crippen LogP contribution in [0.5, 0.6) is 5.75 Å². The maximum absolute atomic E-state index is 10.6. The van der Waals surface area contributed by atoms with Crippen LogP contribution in [0.2, 0.25) is 0 Å². The number of carbonyl (C=O) groups is 2. The first kappa shape index (κ1) is 15.2. The number of carbonyl (C=O) groups excluding carboxylic acids is 2. The fourth-order valence-corrected chi connectivity index (χ4v) is 1.07. The number of amides is 1. The molecule has 0 saturated heterocycles. The molecule has 0 aliphatic heterocycles. The van der Waals surface area contributed by atoms with E-state index in [0.717, 1.165) is 5.56 Å². The Hall–Kier alpha value is -1.84. The summed E-state index contributed by atoms with van der Waals surface area (Å²) >= 11 is 0. The molecule has 0 spiro atoms. The lowest BCUT2D eigenvalue weighted by molar-refractivity contribution is -0.131. The summed E-state index contributed by atoms with van der Waals surface area (Å²) in [6.07, 6.45) is 0. The third kappa shape index (κ3) is 7.11. The molecule has 1 rings (SSSR count). The van der Waals surface area contributed by atoms with Crippen LogP contribution in [0, 0.1) is 0 Å². The second-order valence-electron chi connectivity index (χ2n) is 3.15. The van der Waals surface area contributed by atoms with E-state index >= 15 is 0 Å². The van der Waals surface area contributed by atoms with E-state index in [1.165, 1.54) is 13.8 Å². The van der Waals surface area contributed by atoms with E-state index in [2.05, 4.69) is 5.32 Å². The van der Waals surface area contributed by atoms with Crippen molar-refractivity contribution in [2.75, 3.05) is 0 Å². The zero-order chi connectivity index (χ0) is 13.3. The van der Waals surface area contributed by atoms with Crippen LogP contribution in [0.4, 0.5) is 0 Å². The van der Waals surface area contributed by atoms with Crippen LogP contribution >= 0.6 is 0 Å². The number of esters is 1. The Morgan fingerprint density at radius 1 is 1.12 bits per heavy atom. The van der Waals surface area contributed by atoms with Crippen molar-refractivity contribution >= 4 is 11.9 Å². The topological polar surface area (TPSA) is 55.4 Å². The van der Waals surface area contributed by atoms with Crippen molar-refractivity contribution in [1.82, 2.24) is 5.32 Å². The molecular formula is C13H19NO3. The van der Waals surface area contributed by atoms with Gasteiger partial charge in [-0.1, -0.05) is 26.0 Å². The molecule has 0 aliphatic carbocycles. The molecule has 0 aliphatic rings. The maximum atomic E-state index is 10.6. The summed E-state index contributed by atoms with van der Waals surface area (Å²) in [4.78, 5) is 21.3. The van der Waals surface area contributed by atoms with Crippen molar-refractivity contribution in [2.24, 2.45) is 0 Å². The van der Waals surface area contributed by atoms with Gasteiger partial charge in [0, 0.05) is 20.4 Å². The first-order valence-corrected chi connectivity index (χ1v) is 5.59. The predicted molar refractivity (Wildman–Crippen MR) is 66.6 cm³/mol. The standard InChI is InChI=1S/C11H13NO3.C2H6/c1-8(13)12-7-10-3-5-11(6-4-10)15-9(2)14;1-2/h3-6H,7H2,1-2H3,(H,12,13);1-2H3. The molecule has 0 fully saturated rings. The molecule has 0 unspecified atom stereocenters. The van der Waals surface area contributed by atoms with E-state index in [9.17, 15) is 9.59 Å². The van der Waals surface area contributed by atoms with Gasteiger partial charge in [-0.15, -0.1) is 0 Å². The summed E-state index contributed by atoms with van der Waals surface area (Å²) in [7, 11) is 0. The minimum absolute atomic E-state index is 0.0703. The van der Waals surface area contributed by atoms with Gasteiger partial charge in [-0.05, 0) is 17.7 Å². The lowest BCUT2D eigenvalue weighted by Gasteiger charge is -2.04. The lowest BCUT2D eigenvalue weighted by atomic mass is 10.2. The Morgan fingerprint density at radius 2 is 1.65 bits per heavy atom. The van der Waals surface area contributed by atoms with Crippen LogP contribution in [-0.2, 0) is 16.1 Å². The van der Waals surface area contributed by atoms with Crippen molar-refractivity contribution in [2.45, 2.75) is 34.2 Å². The normalized spacial score (nSPS) is 8.71. The first-order chi connectivity index (χ1) is 8.08. The van der Waals surface area contributed by atoms with Crippen LogP contribution < -0.4 is 10.1 Å². The van der Waals surface area contributed by atoms with Gasteiger partial charge >= 0.3 is 5.97 Å². The Kier molecular flexibility index (Phi) is 7.43. The number of benzene rings is 1. The molecule has 0 saturated carbocycles. The zero-order valence-electron chi connectivity index (χ0n) is 10.7. The van der Waals surface area contributed by atoms with E-state index in [4.69, 9.17) is 4.74 Å². The number of hydrogen-bond donors (Lipinski definition) is 1. The third-order valence-electron chi connectivity index (χ3n) is 1.73. The predicted octanol–water partition coefficient (Wildman–Crippen LogP) is 2.27. The molecule has 0 bridgehead atoms. The Labute approximate surface area is 102 Å². The molecule has 94 valence electrons. The van der Waals surface area contributed by atoms with Crippen LogP contribution in [0.25, 0.3) is 0 Å². The fraction of sp³-hybridized carbons (Fsp3) is 0.385. The molecule has 4 nitrogen and oxygen atoms in total. The molecule has 0 radical (unpaired) electrons. The largest absolute Gasteiger partial charge is 0.427 e. The Morgan fingerprint density at radius 3 is 2.06 bits per heavy atom. The van der Waals surface area contributed by atoms with Gasteiger partial charge < -0.3 is 10.1 Å². The van der Waals surface area contributed by atoms with Crippen molar-refractivity contribution in [3.8, 4) is 5.75 Å². The number of nitrogens with one attached hydrogen (secondary N) is 1. The second kappa shape index (κ2) is 8.33. The zero-order valence-corrected chi connectivity index (χ0v) is 10.7. The molecule has 0 atom stereocenters. The highest BCUT2D eigenvalue weighted by Crippen LogP contribution is 2.12. The SMILES string of the molecule is CC.CC(=O)NCc1ccc(OC(C)=O)cc1. The first-order valence-electron chi connectivity index (χ1n) is 5.59. The summed E-state index contributed by atoms with van der Waals surface area (Å²) in [5.41, 5.74) is 0.959. The van der Waals surface area contributed by atoms with E-state index < -0.39 is 0 Å². The monoisotopic (exact) mass is 237 g/mol. The molecule has 1 aromatic rings. The van der Waals surface area contributed by atoms with Gasteiger partial charge in [0.2, 0.25) is 5.91 Å². The molecule has 0 aromatic heterocycles. The smallest absolute Gasteiger partial charge is 0.308 e. The summed E-state index contributed by atoms with van der Waals surface area (Å²) in [5.74, 6) is 0.0951. The van der Waals surface area contributed by atoms with E-state index in [1.54, 1.807) is 24.3 Å². The number of ether oxygens (including phenoxy) is 1. The average Bonchev–Trinajstić information content (AvgIpc) is 2.30. The third-order valence-corrected chi connectivity index (χ3v) is 1.73. The number of hydrogen-bond acceptors (Lipinski definition) is 3. The van der Waals surface area contributed by atoms with Crippen LogP contribution in [0.1, 0.15) is 33.3 Å². The van der Waals surface area contributed by atoms with E-state index in [1.807, 2.05) is 13.8 Å². The van der Waals surface area contributed by atoms with Crippen molar-refractivity contribution in [3.63, 3.8) is 0 Å². The highest BCUT2D eigenvalue weighted by Gasteiger charge is 1.98. The summed E-state index contributed by atoms with van der Waals surface area (Å²) in [6.45, 7) is 7.30. The molecule has 0 heterocycles. The van der Waals surface area contributed by atoms with Crippen molar-refractivity contribution in [3.05, 3.63) is 29.8 Å². The van der Waals surface area contributed by atoms with Gasteiger partial charge in [0.25, 0.3) is 0 Å². The summed E-state index contributed by atoms with van der Waals surface area (Å²) in [5, 5.41) is 2.68. The van der Waals surface area contributed by atoms with Crippen molar-refractivity contribution < 1.29 is 14.3 Å². The van der Waals surface area contributed by atoms with Gasteiger partial charge in [-0.2, -0.15) is 0 Å². The van der Waals surface area contributed by atoms with E-state index in [0.29, 0.717) is 12.3 Å². The Balaban J connectivity index is 0.00000121.